The van der Waals surface area contributed by atoms with Gasteiger partial charge in [0.15, 0.2) is 5.13 Å². The predicted octanol–water partition coefficient (Wildman–Crippen LogP) is 3.64. The number of fused-ring (bicyclic) bond motifs is 1. The molecule has 2 aromatic rings. The van der Waals surface area contributed by atoms with Crippen LogP contribution in [-0.2, 0) is 13.0 Å². The number of anilines is 1. The Hall–Kier alpha value is -0.700. The van der Waals surface area contributed by atoms with Crippen LogP contribution in [0.4, 0.5) is 5.13 Å². The Bertz CT molecular complexity index is 704. The van der Waals surface area contributed by atoms with Crippen molar-refractivity contribution in [1.82, 2.24) is 9.88 Å². The molecule has 7 heteroatoms. The van der Waals surface area contributed by atoms with Crippen LogP contribution in [0.3, 0.4) is 0 Å². The van der Waals surface area contributed by atoms with E-state index >= 15 is 0 Å². The summed E-state index contributed by atoms with van der Waals surface area (Å²) in [5.74, 6) is -0.143. The number of hydrogen-bond acceptors (Lipinski definition) is 4. The van der Waals surface area contributed by atoms with E-state index in [4.69, 9.17) is 11.6 Å². The van der Waals surface area contributed by atoms with E-state index in [1.54, 1.807) is 29.5 Å². The highest BCUT2D eigenvalue weighted by molar-refractivity contribution is 14.1. The van der Waals surface area contributed by atoms with E-state index in [0.29, 0.717) is 15.7 Å². The molecule has 1 N–H and O–H groups in total. The number of carbonyl (C=O) groups excluding carboxylic acids is 1. The zero-order valence-electron chi connectivity index (χ0n) is 11.3. The van der Waals surface area contributed by atoms with E-state index in [2.05, 4.69) is 44.8 Å². The molecule has 1 aromatic heterocycles. The second kappa shape index (κ2) is 6.20. The molecule has 0 unspecified atom stereocenters. The zero-order valence-corrected chi connectivity index (χ0v) is 15.1. The van der Waals surface area contributed by atoms with Gasteiger partial charge in [-0.25, -0.2) is 4.98 Å². The number of halogens is 2. The van der Waals surface area contributed by atoms with Crippen molar-refractivity contribution in [1.29, 1.82) is 0 Å². The van der Waals surface area contributed by atoms with Crippen LogP contribution < -0.4 is 5.32 Å². The maximum atomic E-state index is 12.3. The van der Waals surface area contributed by atoms with Crippen LogP contribution in [0.1, 0.15) is 20.9 Å². The van der Waals surface area contributed by atoms with Crippen LogP contribution in [0, 0.1) is 3.57 Å². The van der Waals surface area contributed by atoms with Gasteiger partial charge < -0.3 is 4.90 Å². The average molecular weight is 434 g/mol. The molecule has 110 valence electrons. The summed E-state index contributed by atoms with van der Waals surface area (Å²) >= 11 is 9.58. The van der Waals surface area contributed by atoms with Crippen LogP contribution in [-0.4, -0.2) is 29.4 Å². The van der Waals surface area contributed by atoms with Crippen molar-refractivity contribution >= 4 is 56.6 Å². The van der Waals surface area contributed by atoms with Crippen molar-refractivity contribution in [2.45, 2.75) is 13.0 Å². The Morgan fingerprint density at radius 2 is 2.33 bits per heavy atom. The minimum Gasteiger partial charge on any atom is -0.301 e. The molecule has 0 atom stereocenters. The molecule has 21 heavy (non-hydrogen) atoms. The molecule has 0 radical (unpaired) electrons. The lowest BCUT2D eigenvalue weighted by Crippen LogP contribution is -2.25. The number of carbonyl (C=O) groups is 1. The Morgan fingerprint density at radius 3 is 3.10 bits per heavy atom. The third-order valence-electron chi connectivity index (χ3n) is 3.32. The third-order valence-corrected chi connectivity index (χ3v) is 5.44. The summed E-state index contributed by atoms with van der Waals surface area (Å²) in [5, 5.41) is 4.19. The van der Waals surface area contributed by atoms with Gasteiger partial charge in [0, 0.05) is 33.0 Å². The van der Waals surface area contributed by atoms with Gasteiger partial charge in [0.1, 0.15) is 0 Å². The van der Waals surface area contributed by atoms with Crippen molar-refractivity contribution in [3.05, 3.63) is 42.9 Å². The molecule has 1 aliphatic rings. The first-order valence-electron chi connectivity index (χ1n) is 6.46. The molecule has 0 saturated heterocycles. The highest BCUT2D eigenvalue weighted by atomic mass is 127. The summed E-state index contributed by atoms with van der Waals surface area (Å²) < 4.78 is 0.832. The monoisotopic (exact) mass is 433 g/mol. The Morgan fingerprint density at radius 1 is 1.52 bits per heavy atom. The first kappa shape index (κ1) is 15.2. The number of amides is 1. The average Bonchev–Trinajstić information content (AvgIpc) is 2.79. The number of thiazole rings is 1. The highest BCUT2D eigenvalue weighted by Gasteiger charge is 2.20. The van der Waals surface area contributed by atoms with Crippen LogP contribution >= 0.6 is 45.5 Å². The minimum atomic E-state index is -0.143. The standard InChI is InChI=1S/C14H13ClIN3OS/c1-19-5-4-11-12(7-19)21-14(17-11)18-13(20)9-3-2-8(15)6-10(9)16/h2-3,6H,4-5,7H2,1H3,(H,17,18,20). The van der Waals surface area contributed by atoms with E-state index < -0.39 is 0 Å². The maximum absolute atomic E-state index is 12.3. The Balaban J connectivity index is 1.79. The second-order valence-corrected chi connectivity index (χ2v) is 7.64. The number of rotatable bonds is 2. The van der Waals surface area contributed by atoms with Gasteiger partial charge in [-0.05, 0) is 47.8 Å². The van der Waals surface area contributed by atoms with Crippen LogP contribution in [0.2, 0.25) is 5.02 Å². The van der Waals surface area contributed by atoms with Gasteiger partial charge in [0.25, 0.3) is 5.91 Å². The highest BCUT2D eigenvalue weighted by Crippen LogP contribution is 2.28. The minimum absolute atomic E-state index is 0.143. The predicted molar refractivity (Wildman–Crippen MR) is 94.3 cm³/mol. The van der Waals surface area contributed by atoms with Crippen LogP contribution in [0.5, 0.6) is 0 Å². The summed E-state index contributed by atoms with van der Waals surface area (Å²) in [6, 6.07) is 5.24. The van der Waals surface area contributed by atoms with Crippen LogP contribution in [0.25, 0.3) is 0 Å². The molecule has 2 heterocycles. The van der Waals surface area contributed by atoms with Gasteiger partial charge in [-0.3, -0.25) is 10.1 Å². The Kier molecular flexibility index (Phi) is 4.49. The van der Waals surface area contributed by atoms with Gasteiger partial charge in [0.2, 0.25) is 0 Å². The number of nitrogens with zero attached hydrogens (tertiary/aromatic N) is 2. The topological polar surface area (TPSA) is 45.2 Å². The molecular formula is C14H13ClIN3OS. The number of nitrogens with one attached hydrogen (secondary N) is 1. The van der Waals surface area contributed by atoms with E-state index in [1.165, 1.54) is 4.88 Å². The smallest absolute Gasteiger partial charge is 0.258 e. The van der Waals surface area contributed by atoms with E-state index in [0.717, 1.165) is 28.8 Å². The normalized spacial score (nSPS) is 14.8. The van der Waals surface area contributed by atoms with Gasteiger partial charge in [-0.15, -0.1) is 11.3 Å². The fraction of sp³-hybridized carbons (Fsp3) is 0.286. The Labute approximate surface area is 145 Å². The van der Waals surface area contributed by atoms with Gasteiger partial charge in [-0.2, -0.15) is 0 Å². The fourth-order valence-corrected chi connectivity index (χ4v) is 4.41. The molecule has 1 aliphatic heterocycles. The van der Waals surface area contributed by atoms with Gasteiger partial charge in [0.05, 0.1) is 11.3 Å². The first-order valence-corrected chi connectivity index (χ1v) is 8.74. The summed E-state index contributed by atoms with van der Waals surface area (Å²) in [5.41, 5.74) is 1.73. The SMILES string of the molecule is CN1CCc2nc(NC(=O)c3ccc(Cl)cc3I)sc2C1. The molecule has 0 aliphatic carbocycles. The number of likely N-dealkylation sites (N-methyl/N-ethyl adjacent to an activating group) is 1. The van der Waals surface area contributed by atoms with E-state index in [1.807, 2.05) is 0 Å². The molecule has 1 amide bonds. The zero-order chi connectivity index (χ0) is 15.0. The molecule has 0 saturated carbocycles. The summed E-state index contributed by atoms with van der Waals surface area (Å²) in [6.45, 7) is 1.92. The molecular weight excluding hydrogens is 421 g/mol. The third kappa shape index (κ3) is 3.39. The lowest BCUT2D eigenvalue weighted by molar-refractivity contribution is 0.102. The maximum Gasteiger partial charge on any atom is 0.258 e. The quantitative estimate of drug-likeness (QED) is 0.736. The van der Waals surface area contributed by atoms with Crippen LogP contribution in [0.15, 0.2) is 18.2 Å². The second-order valence-electron chi connectivity index (χ2n) is 4.95. The van der Waals surface area contributed by atoms with Crippen molar-refractivity contribution in [2.75, 3.05) is 18.9 Å². The summed E-state index contributed by atoms with van der Waals surface area (Å²) in [6.07, 6.45) is 0.941. The molecule has 0 spiro atoms. The largest absolute Gasteiger partial charge is 0.301 e. The summed E-state index contributed by atoms with van der Waals surface area (Å²) in [7, 11) is 2.09. The molecule has 0 bridgehead atoms. The number of hydrogen-bond donors (Lipinski definition) is 1. The van der Waals surface area contributed by atoms with Crippen molar-refractivity contribution in [3.63, 3.8) is 0 Å². The first-order chi connectivity index (χ1) is 10.0. The van der Waals surface area contributed by atoms with Crippen molar-refractivity contribution < 1.29 is 4.79 Å². The van der Waals surface area contributed by atoms with E-state index in [9.17, 15) is 4.79 Å². The summed E-state index contributed by atoms with van der Waals surface area (Å²) in [4.78, 5) is 20.3. The van der Waals surface area contributed by atoms with Gasteiger partial charge in [-0.1, -0.05) is 11.6 Å². The number of aromatic nitrogens is 1. The van der Waals surface area contributed by atoms with Gasteiger partial charge >= 0.3 is 0 Å². The molecule has 0 fully saturated rings. The molecule has 3 rings (SSSR count). The molecule has 1 aromatic carbocycles. The number of benzene rings is 1. The van der Waals surface area contributed by atoms with E-state index in [-0.39, 0.29) is 5.91 Å². The lowest BCUT2D eigenvalue weighted by Gasteiger charge is -2.20. The molecule has 4 nitrogen and oxygen atoms in total. The lowest BCUT2D eigenvalue weighted by atomic mass is 10.2. The fourth-order valence-electron chi connectivity index (χ4n) is 2.21. The van der Waals surface area contributed by atoms with Crippen molar-refractivity contribution in [3.8, 4) is 0 Å². The van der Waals surface area contributed by atoms with Crippen molar-refractivity contribution in [2.24, 2.45) is 0 Å².